The molecule has 2 aromatic heterocycles. The third kappa shape index (κ3) is 5.19. The second kappa shape index (κ2) is 9.02. The van der Waals surface area contributed by atoms with Gasteiger partial charge < -0.3 is 10.1 Å². The second-order valence-electron chi connectivity index (χ2n) is 6.92. The standard InChI is InChI=1S/C21H17BrN6O4/c1-14-2-4-18(5-3-14)32-19-9-16(8-17(10-19)28(30)31)24-21(29)20-6-7-26(25-20)13-27-12-15(22)11-23-27/h2-12H,13H2,1H3,(H,24,29). The minimum Gasteiger partial charge on any atom is -0.457 e. The minimum atomic E-state index is -0.547. The molecule has 1 N–H and O–H groups in total. The lowest BCUT2D eigenvalue weighted by atomic mass is 10.2. The zero-order valence-corrected chi connectivity index (χ0v) is 18.4. The Balaban J connectivity index is 1.51. The van der Waals surface area contributed by atoms with E-state index >= 15 is 0 Å². The molecule has 2 heterocycles. The number of aryl methyl sites for hydroxylation is 1. The number of nitro groups is 1. The van der Waals surface area contributed by atoms with Crippen LogP contribution in [0.25, 0.3) is 0 Å². The van der Waals surface area contributed by atoms with Crippen LogP contribution in [0.15, 0.2) is 71.6 Å². The summed E-state index contributed by atoms with van der Waals surface area (Å²) in [5.74, 6) is 0.248. The molecular formula is C21H17BrN6O4. The summed E-state index contributed by atoms with van der Waals surface area (Å²) in [6.45, 7) is 2.27. The summed E-state index contributed by atoms with van der Waals surface area (Å²) in [7, 11) is 0. The van der Waals surface area contributed by atoms with Crippen LogP contribution in [0.3, 0.4) is 0 Å². The Labute approximate surface area is 190 Å². The Morgan fingerprint density at radius 1 is 1.16 bits per heavy atom. The Kier molecular flexibility index (Phi) is 5.99. The maximum Gasteiger partial charge on any atom is 0.276 e. The van der Waals surface area contributed by atoms with Gasteiger partial charge in [-0.15, -0.1) is 0 Å². The van der Waals surface area contributed by atoms with E-state index in [-0.39, 0.29) is 22.8 Å². The third-order valence-electron chi connectivity index (χ3n) is 4.38. The molecule has 0 saturated carbocycles. The first-order valence-corrected chi connectivity index (χ1v) is 10.2. The average Bonchev–Trinajstić information content (AvgIpc) is 3.39. The highest BCUT2D eigenvalue weighted by molar-refractivity contribution is 9.10. The Morgan fingerprint density at radius 2 is 1.94 bits per heavy atom. The van der Waals surface area contributed by atoms with Gasteiger partial charge in [0.1, 0.15) is 18.2 Å². The van der Waals surface area contributed by atoms with Crippen molar-refractivity contribution in [3.63, 3.8) is 0 Å². The number of halogens is 1. The van der Waals surface area contributed by atoms with Crippen molar-refractivity contribution >= 4 is 33.2 Å². The monoisotopic (exact) mass is 496 g/mol. The first-order valence-electron chi connectivity index (χ1n) is 9.42. The fourth-order valence-electron chi connectivity index (χ4n) is 2.88. The molecule has 0 fully saturated rings. The van der Waals surface area contributed by atoms with Gasteiger partial charge in [-0.2, -0.15) is 10.2 Å². The predicted octanol–water partition coefficient (Wildman–Crippen LogP) is 4.61. The minimum absolute atomic E-state index is 0.156. The van der Waals surface area contributed by atoms with Gasteiger partial charge in [-0.25, -0.2) is 4.68 Å². The molecule has 1 amide bonds. The van der Waals surface area contributed by atoms with E-state index in [1.165, 1.54) is 18.2 Å². The van der Waals surface area contributed by atoms with E-state index in [2.05, 4.69) is 31.4 Å². The van der Waals surface area contributed by atoms with Crippen LogP contribution in [0, 0.1) is 17.0 Å². The Hall–Kier alpha value is -3.99. The largest absolute Gasteiger partial charge is 0.457 e. The molecule has 10 nitrogen and oxygen atoms in total. The van der Waals surface area contributed by atoms with E-state index in [0.29, 0.717) is 12.4 Å². The lowest BCUT2D eigenvalue weighted by Gasteiger charge is -2.09. The molecule has 0 aliphatic carbocycles. The molecule has 2 aromatic carbocycles. The molecule has 0 aliphatic rings. The van der Waals surface area contributed by atoms with Gasteiger partial charge in [-0.1, -0.05) is 17.7 Å². The van der Waals surface area contributed by atoms with Gasteiger partial charge in [0.15, 0.2) is 5.69 Å². The highest BCUT2D eigenvalue weighted by Crippen LogP contribution is 2.30. The molecule has 0 bridgehead atoms. The van der Waals surface area contributed by atoms with Crippen molar-refractivity contribution in [1.29, 1.82) is 0 Å². The van der Waals surface area contributed by atoms with Crippen molar-refractivity contribution in [1.82, 2.24) is 19.6 Å². The molecule has 4 aromatic rings. The Bertz CT molecular complexity index is 1280. The van der Waals surface area contributed by atoms with Crippen molar-refractivity contribution in [2.24, 2.45) is 0 Å². The van der Waals surface area contributed by atoms with Gasteiger partial charge in [0.05, 0.1) is 27.3 Å². The van der Waals surface area contributed by atoms with Crippen molar-refractivity contribution in [3.8, 4) is 11.5 Å². The molecule has 162 valence electrons. The number of benzene rings is 2. The van der Waals surface area contributed by atoms with Crippen LogP contribution in [0.4, 0.5) is 11.4 Å². The molecule has 32 heavy (non-hydrogen) atoms. The molecule has 0 atom stereocenters. The van der Waals surface area contributed by atoms with Gasteiger partial charge in [0.2, 0.25) is 0 Å². The van der Waals surface area contributed by atoms with Gasteiger partial charge in [-0.3, -0.25) is 19.6 Å². The number of anilines is 1. The van der Waals surface area contributed by atoms with E-state index in [1.54, 1.807) is 46.2 Å². The number of non-ortho nitro benzene ring substituents is 1. The van der Waals surface area contributed by atoms with Crippen molar-refractivity contribution in [2.75, 3.05) is 5.32 Å². The number of hydrogen-bond donors (Lipinski definition) is 1. The highest BCUT2D eigenvalue weighted by atomic mass is 79.9. The summed E-state index contributed by atoms with van der Waals surface area (Å²) in [4.78, 5) is 23.4. The lowest BCUT2D eigenvalue weighted by Crippen LogP contribution is -2.15. The van der Waals surface area contributed by atoms with Gasteiger partial charge in [0.25, 0.3) is 11.6 Å². The molecular weight excluding hydrogens is 480 g/mol. The van der Waals surface area contributed by atoms with Crippen molar-refractivity contribution < 1.29 is 14.5 Å². The summed E-state index contributed by atoms with van der Waals surface area (Å²) in [6.07, 6.45) is 5.07. The van der Waals surface area contributed by atoms with E-state index in [1.807, 2.05) is 19.1 Å². The van der Waals surface area contributed by atoms with Gasteiger partial charge in [0, 0.05) is 24.5 Å². The fraction of sp³-hybridized carbons (Fsp3) is 0.0952. The zero-order valence-electron chi connectivity index (χ0n) is 16.8. The first-order chi connectivity index (χ1) is 15.4. The molecule has 4 rings (SSSR count). The number of nitro benzene ring substituents is 1. The smallest absolute Gasteiger partial charge is 0.276 e. The second-order valence-corrected chi connectivity index (χ2v) is 7.84. The van der Waals surface area contributed by atoms with Crippen LogP contribution in [0.5, 0.6) is 11.5 Å². The Morgan fingerprint density at radius 3 is 2.62 bits per heavy atom. The SMILES string of the molecule is Cc1ccc(Oc2cc(NC(=O)c3ccn(Cn4cc(Br)cn4)n3)cc([N+](=O)[O-])c2)cc1. The number of aromatic nitrogens is 4. The number of nitrogens with zero attached hydrogens (tertiary/aromatic N) is 5. The summed E-state index contributed by atoms with van der Waals surface area (Å²) in [6, 6.07) is 12.9. The summed E-state index contributed by atoms with van der Waals surface area (Å²) in [5, 5.41) is 22.4. The highest BCUT2D eigenvalue weighted by Gasteiger charge is 2.15. The van der Waals surface area contributed by atoms with Crippen LogP contribution >= 0.6 is 15.9 Å². The average molecular weight is 497 g/mol. The van der Waals surface area contributed by atoms with E-state index in [0.717, 1.165) is 10.0 Å². The molecule has 0 unspecified atom stereocenters. The van der Waals surface area contributed by atoms with Crippen molar-refractivity contribution in [2.45, 2.75) is 13.6 Å². The zero-order chi connectivity index (χ0) is 22.7. The van der Waals surface area contributed by atoms with Gasteiger partial charge in [-0.05, 0) is 41.1 Å². The molecule has 11 heteroatoms. The maximum atomic E-state index is 12.6. The molecule has 0 aliphatic heterocycles. The number of amides is 1. The normalized spacial score (nSPS) is 10.7. The maximum absolute atomic E-state index is 12.6. The van der Waals surface area contributed by atoms with Crippen LogP contribution in [0.1, 0.15) is 16.1 Å². The number of ether oxygens (including phenoxy) is 1. The molecule has 0 radical (unpaired) electrons. The topological polar surface area (TPSA) is 117 Å². The van der Waals surface area contributed by atoms with Crippen LogP contribution in [0.2, 0.25) is 0 Å². The van der Waals surface area contributed by atoms with Crippen LogP contribution in [-0.4, -0.2) is 30.4 Å². The van der Waals surface area contributed by atoms with E-state index < -0.39 is 10.8 Å². The van der Waals surface area contributed by atoms with Crippen LogP contribution < -0.4 is 10.1 Å². The van der Waals surface area contributed by atoms with Gasteiger partial charge >= 0.3 is 0 Å². The lowest BCUT2D eigenvalue weighted by molar-refractivity contribution is -0.384. The predicted molar refractivity (Wildman–Crippen MR) is 120 cm³/mol. The molecule has 0 saturated heterocycles. The number of carbonyl (C=O) groups is 1. The number of carbonyl (C=O) groups excluding carboxylic acids is 1. The summed E-state index contributed by atoms with van der Waals surface area (Å²) in [5.41, 5.74) is 1.23. The fourth-order valence-corrected chi connectivity index (χ4v) is 3.21. The van der Waals surface area contributed by atoms with Crippen molar-refractivity contribution in [3.05, 3.63) is 93.0 Å². The quantitative estimate of drug-likeness (QED) is 0.295. The van der Waals surface area contributed by atoms with E-state index in [9.17, 15) is 14.9 Å². The first kappa shape index (κ1) is 21.2. The van der Waals surface area contributed by atoms with Crippen LogP contribution in [-0.2, 0) is 6.67 Å². The summed E-state index contributed by atoms with van der Waals surface area (Å²) >= 11 is 3.32. The third-order valence-corrected chi connectivity index (χ3v) is 4.79. The number of nitrogens with one attached hydrogen (secondary N) is 1. The van der Waals surface area contributed by atoms with E-state index in [4.69, 9.17) is 4.74 Å². The number of rotatable bonds is 7. The summed E-state index contributed by atoms with van der Waals surface area (Å²) < 4.78 is 9.76. The number of hydrogen-bond acceptors (Lipinski definition) is 6. The molecule has 0 spiro atoms.